The molecule has 48 valence electrons. The van der Waals surface area contributed by atoms with E-state index in [1.807, 2.05) is 0 Å². The normalized spacial score (nSPS) is 26.8. The Morgan fingerprint density at radius 1 is 1.75 bits per heavy atom. The van der Waals surface area contributed by atoms with Gasteiger partial charge in [0.2, 0.25) is 0 Å². The molecular formula is C4H10NO2P. The molecule has 0 aromatic carbocycles. The third-order valence-electron chi connectivity index (χ3n) is 0.869. The molecule has 4 heteroatoms. The summed E-state index contributed by atoms with van der Waals surface area (Å²) in [6, 6.07) is 0. The fraction of sp³-hybridized carbons (Fsp3) is 0.750. The Balaban J connectivity index is 0.000000490. The van der Waals surface area contributed by atoms with E-state index in [-0.39, 0.29) is 16.1 Å². The van der Waals surface area contributed by atoms with Crippen molar-refractivity contribution in [2.75, 3.05) is 13.2 Å². The van der Waals surface area contributed by atoms with Crippen LogP contribution in [0, 0.1) is 0 Å². The minimum absolute atomic E-state index is 0. The van der Waals surface area contributed by atoms with Crippen molar-refractivity contribution in [1.82, 2.24) is 5.32 Å². The lowest BCUT2D eigenvalue weighted by Crippen LogP contribution is -2.23. The first kappa shape index (κ1) is 8.02. The Labute approximate surface area is 51.4 Å². The highest BCUT2D eigenvalue weighted by molar-refractivity contribution is 6.92. The molecule has 0 spiro atoms. The average Bonchev–Trinajstić information content (AvgIpc) is 2.14. The maximum atomic E-state index is 9.82. The third-order valence-corrected chi connectivity index (χ3v) is 0.869. The van der Waals surface area contributed by atoms with Crippen LogP contribution in [0.4, 0.5) is 0 Å². The molecule has 0 saturated carbocycles. The third kappa shape index (κ3) is 1.86. The molecule has 0 radical (unpaired) electrons. The topological polar surface area (TPSA) is 38.3 Å². The average molecular weight is 135 g/mol. The summed E-state index contributed by atoms with van der Waals surface area (Å²) in [5.74, 6) is 0. The fourth-order valence-electron chi connectivity index (χ4n) is 0.533. The van der Waals surface area contributed by atoms with Gasteiger partial charge in [-0.15, -0.1) is 0 Å². The van der Waals surface area contributed by atoms with Crippen LogP contribution in [0.5, 0.6) is 0 Å². The Bertz CT molecular complexity index is 72.4. The molecule has 1 N–H and O–H groups in total. The maximum absolute atomic E-state index is 9.82. The first-order chi connectivity index (χ1) is 3.43. The summed E-state index contributed by atoms with van der Waals surface area (Å²) in [6.45, 7) is 1.45. The van der Waals surface area contributed by atoms with Crippen LogP contribution in [-0.2, 0) is 9.53 Å². The molecule has 1 heterocycles. The SMILES string of the molecule is O=CC1NCCO1.P. The van der Waals surface area contributed by atoms with Crippen molar-refractivity contribution < 1.29 is 9.53 Å². The standard InChI is InChI=1S/C4H7NO2.H3P/c6-3-4-5-1-2-7-4;/h3-5H,1-2H2;1H3. The molecule has 1 fully saturated rings. The van der Waals surface area contributed by atoms with Gasteiger partial charge in [0, 0.05) is 6.54 Å². The lowest BCUT2D eigenvalue weighted by Gasteiger charge is -1.94. The molecule has 0 amide bonds. The van der Waals surface area contributed by atoms with Gasteiger partial charge in [-0.05, 0) is 0 Å². The number of carbonyl (C=O) groups is 1. The number of rotatable bonds is 1. The molecule has 0 bridgehead atoms. The molecule has 1 aliphatic heterocycles. The van der Waals surface area contributed by atoms with E-state index in [1.165, 1.54) is 0 Å². The zero-order valence-electron chi connectivity index (χ0n) is 4.59. The number of hydrogen-bond acceptors (Lipinski definition) is 3. The van der Waals surface area contributed by atoms with Crippen LogP contribution >= 0.6 is 9.90 Å². The fourth-order valence-corrected chi connectivity index (χ4v) is 0.533. The summed E-state index contributed by atoms with van der Waals surface area (Å²) in [6.07, 6.45) is 0.424. The summed E-state index contributed by atoms with van der Waals surface area (Å²) in [5.41, 5.74) is 0. The minimum Gasteiger partial charge on any atom is -0.355 e. The number of carbonyl (C=O) groups excluding carboxylic acids is 1. The smallest absolute Gasteiger partial charge is 0.164 e. The van der Waals surface area contributed by atoms with Crippen LogP contribution in [-0.4, -0.2) is 25.7 Å². The Kier molecular flexibility index (Phi) is 3.97. The second kappa shape index (κ2) is 3.96. The van der Waals surface area contributed by atoms with Gasteiger partial charge in [0.25, 0.3) is 0 Å². The highest BCUT2D eigenvalue weighted by Gasteiger charge is 2.10. The summed E-state index contributed by atoms with van der Waals surface area (Å²) >= 11 is 0. The molecule has 1 saturated heterocycles. The first-order valence-corrected chi connectivity index (χ1v) is 2.24. The summed E-state index contributed by atoms with van der Waals surface area (Å²) < 4.78 is 4.82. The van der Waals surface area contributed by atoms with Crippen molar-refractivity contribution in [2.24, 2.45) is 0 Å². The van der Waals surface area contributed by atoms with E-state index >= 15 is 0 Å². The van der Waals surface area contributed by atoms with Gasteiger partial charge >= 0.3 is 0 Å². The largest absolute Gasteiger partial charge is 0.355 e. The van der Waals surface area contributed by atoms with E-state index < -0.39 is 0 Å². The van der Waals surface area contributed by atoms with Gasteiger partial charge in [-0.2, -0.15) is 9.90 Å². The van der Waals surface area contributed by atoms with E-state index in [0.29, 0.717) is 6.61 Å². The van der Waals surface area contributed by atoms with Gasteiger partial charge in [-0.25, -0.2) is 0 Å². The number of hydrogen-bond donors (Lipinski definition) is 1. The molecule has 3 nitrogen and oxygen atoms in total. The van der Waals surface area contributed by atoms with Crippen LogP contribution in [0.25, 0.3) is 0 Å². The number of nitrogens with one attached hydrogen (secondary N) is 1. The van der Waals surface area contributed by atoms with Crippen molar-refractivity contribution in [3.8, 4) is 0 Å². The quantitative estimate of drug-likeness (QED) is 0.377. The maximum Gasteiger partial charge on any atom is 0.164 e. The van der Waals surface area contributed by atoms with Gasteiger partial charge in [-0.1, -0.05) is 0 Å². The molecule has 0 aromatic rings. The first-order valence-electron chi connectivity index (χ1n) is 2.24. The van der Waals surface area contributed by atoms with Crippen molar-refractivity contribution in [1.29, 1.82) is 0 Å². The van der Waals surface area contributed by atoms with E-state index in [4.69, 9.17) is 4.74 Å². The van der Waals surface area contributed by atoms with E-state index in [9.17, 15) is 4.79 Å². The van der Waals surface area contributed by atoms with Crippen LogP contribution in [0.2, 0.25) is 0 Å². The van der Waals surface area contributed by atoms with Gasteiger partial charge in [-0.3, -0.25) is 10.1 Å². The molecule has 2 unspecified atom stereocenters. The second-order valence-corrected chi connectivity index (χ2v) is 1.38. The van der Waals surface area contributed by atoms with Crippen molar-refractivity contribution >= 4 is 16.2 Å². The zero-order valence-corrected chi connectivity index (χ0v) is 6.01. The van der Waals surface area contributed by atoms with E-state index in [0.717, 1.165) is 12.8 Å². The molecular weight excluding hydrogens is 125 g/mol. The van der Waals surface area contributed by atoms with Crippen LogP contribution < -0.4 is 5.32 Å². The van der Waals surface area contributed by atoms with E-state index in [2.05, 4.69) is 5.32 Å². The van der Waals surface area contributed by atoms with Crippen molar-refractivity contribution in [2.45, 2.75) is 6.23 Å². The number of ether oxygens (including phenoxy) is 1. The van der Waals surface area contributed by atoms with Gasteiger partial charge in [0.15, 0.2) is 12.5 Å². The lowest BCUT2D eigenvalue weighted by molar-refractivity contribution is -0.116. The summed E-state index contributed by atoms with van der Waals surface area (Å²) in [5, 5.41) is 2.82. The predicted octanol–water partition coefficient (Wildman–Crippen LogP) is -0.811. The Hall–Kier alpha value is 0.0200. The molecule has 2 atom stereocenters. The van der Waals surface area contributed by atoms with Crippen LogP contribution in [0.15, 0.2) is 0 Å². The molecule has 1 rings (SSSR count). The van der Waals surface area contributed by atoms with Crippen LogP contribution in [0.1, 0.15) is 0 Å². The highest BCUT2D eigenvalue weighted by Crippen LogP contribution is 1.88. The van der Waals surface area contributed by atoms with Gasteiger partial charge in [0.1, 0.15) is 0 Å². The lowest BCUT2D eigenvalue weighted by atomic mass is 10.6. The van der Waals surface area contributed by atoms with Crippen LogP contribution in [0.3, 0.4) is 0 Å². The molecule has 8 heavy (non-hydrogen) atoms. The van der Waals surface area contributed by atoms with Crippen molar-refractivity contribution in [3.05, 3.63) is 0 Å². The predicted molar refractivity (Wildman–Crippen MR) is 34.9 cm³/mol. The minimum atomic E-state index is -0.333. The Morgan fingerprint density at radius 2 is 2.50 bits per heavy atom. The zero-order chi connectivity index (χ0) is 5.11. The summed E-state index contributed by atoms with van der Waals surface area (Å²) in [7, 11) is 0. The van der Waals surface area contributed by atoms with Gasteiger partial charge < -0.3 is 4.74 Å². The Morgan fingerprint density at radius 3 is 2.75 bits per heavy atom. The number of aldehydes is 1. The summed E-state index contributed by atoms with van der Waals surface area (Å²) in [4.78, 5) is 9.82. The van der Waals surface area contributed by atoms with E-state index in [1.54, 1.807) is 0 Å². The highest BCUT2D eigenvalue weighted by atomic mass is 31.0. The molecule has 0 aliphatic carbocycles. The molecule has 1 aliphatic rings. The monoisotopic (exact) mass is 135 g/mol. The molecule has 0 aromatic heterocycles. The van der Waals surface area contributed by atoms with Crippen molar-refractivity contribution in [3.63, 3.8) is 0 Å². The van der Waals surface area contributed by atoms with Gasteiger partial charge in [0.05, 0.1) is 6.61 Å². The second-order valence-electron chi connectivity index (χ2n) is 1.38.